The highest BCUT2D eigenvalue weighted by atomic mass is 19.1. The van der Waals surface area contributed by atoms with Crippen molar-refractivity contribution in [2.45, 2.75) is 26.4 Å². The molecule has 0 bridgehead atoms. The maximum Gasteiger partial charge on any atom is 0.133 e. The highest BCUT2D eigenvalue weighted by Crippen LogP contribution is 2.16. The quantitative estimate of drug-likeness (QED) is 0.927. The summed E-state index contributed by atoms with van der Waals surface area (Å²) in [6, 6.07) is 3.42. The van der Waals surface area contributed by atoms with Crippen LogP contribution in [0.25, 0.3) is 0 Å². The summed E-state index contributed by atoms with van der Waals surface area (Å²) in [5, 5.41) is 9.48. The molecule has 19 heavy (non-hydrogen) atoms. The van der Waals surface area contributed by atoms with Gasteiger partial charge in [-0.2, -0.15) is 0 Å². The van der Waals surface area contributed by atoms with Gasteiger partial charge in [0.25, 0.3) is 0 Å². The number of aliphatic hydroxyl groups excluding tert-OH is 1. The van der Waals surface area contributed by atoms with Crippen molar-refractivity contribution in [2.24, 2.45) is 0 Å². The summed E-state index contributed by atoms with van der Waals surface area (Å²) in [5.74, 6) is -0.781. The van der Waals surface area contributed by atoms with Crippen molar-refractivity contribution >= 4 is 0 Å². The van der Waals surface area contributed by atoms with E-state index in [1.54, 1.807) is 13.8 Å². The second-order valence-corrected chi connectivity index (χ2v) is 4.42. The van der Waals surface area contributed by atoms with Gasteiger partial charge in [0.05, 0.1) is 6.10 Å². The molecule has 3 nitrogen and oxygen atoms in total. The lowest BCUT2D eigenvalue weighted by Crippen LogP contribution is -2.05. The summed E-state index contributed by atoms with van der Waals surface area (Å²) >= 11 is 0. The summed E-state index contributed by atoms with van der Waals surface area (Å²) in [5.41, 5.74) is 1.64. The Morgan fingerprint density at radius 2 is 2.05 bits per heavy atom. The van der Waals surface area contributed by atoms with Crippen LogP contribution in [0.15, 0.2) is 24.4 Å². The molecule has 1 aromatic heterocycles. The molecule has 100 valence electrons. The van der Waals surface area contributed by atoms with Crippen LogP contribution in [0.2, 0.25) is 0 Å². The molecule has 1 N–H and O–H groups in total. The average Bonchev–Trinajstić information content (AvgIpc) is 2.32. The van der Waals surface area contributed by atoms with E-state index < -0.39 is 17.7 Å². The Balaban J connectivity index is 2.26. The molecule has 2 rings (SSSR count). The van der Waals surface area contributed by atoms with Crippen LogP contribution in [-0.4, -0.2) is 15.1 Å². The van der Waals surface area contributed by atoms with Crippen LogP contribution in [-0.2, 0) is 6.42 Å². The minimum absolute atomic E-state index is 0.188. The van der Waals surface area contributed by atoms with Gasteiger partial charge in [-0.3, -0.25) is 0 Å². The zero-order valence-electron chi connectivity index (χ0n) is 10.7. The molecule has 0 saturated heterocycles. The van der Waals surface area contributed by atoms with Crippen LogP contribution in [0.1, 0.15) is 35.7 Å². The molecule has 0 fully saturated rings. The van der Waals surface area contributed by atoms with Gasteiger partial charge in [-0.15, -0.1) is 0 Å². The van der Waals surface area contributed by atoms with Crippen LogP contribution >= 0.6 is 0 Å². The fourth-order valence-electron chi connectivity index (χ4n) is 1.86. The molecule has 0 spiro atoms. The van der Waals surface area contributed by atoms with Crippen LogP contribution in [0, 0.1) is 18.6 Å². The van der Waals surface area contributed by atoms with Gasteiger partial charge < -0.3 is 5.11 Å². The van der Waals surface area contributed by atoms with Crippen molar-refractivity contribution in [1.82, 2.24) is 9.97 Å². The van der Waals surface area contributed by atoms with E-state index in [4.69, 9.17) is 0 Å². The molecule has 1 aromatic carbocycles. The first-order chi connectivity index (χ1) is 8.97. The van der Waals surface area contributed by atoms with Crippen molar-refractivity contribution in [3.05, 3.63) is 58.7 Å². The second kappa shape index (κ2) is 5.40. The minimum Gasteiger partial charge on any atom is -0.389 e. The molecule has 0 saturated carbocycles. The van der Waals surface area contributed by atoms with Crippen LogP contribution in [0.4, 0.5) is 8.78 Å². The van der Waals surface area contributed by atoms with E-state index in [-0.39, 0.29) is 6.42 Å². The van der Waals surface area contributed by atoms with Gasteiger partial charge >= 0.3 is 0 Å². The zero-order chi connectivity index (χ0) is 14.0. The van der Waals surface area contributed by atoms with Gasteiger partial charge in [0.15, 0.2) is 0 Å². The number of hydrogen-bond donors (Lipinski definition) is 1. The molecule has 0 amide bonds. The van der Waals surface area contributed by atoms with E-state index in [1.807, 2.05) is 0 Å². The van der Waals surface area contributed by atoms with Gasteiger partial charge in [0.2, 0.25) is 0 Å². The number of hydrogen-bond acceptors (Lipinski definition) is 3. The summed E-state index contributed by atoms with van der Waals surface area (Å²) in [4.78, 5) is 8.31. The van der Waals surface area contributed by atoms with E-state index >= 15 is 0 Å². The van der Waals surface area contributed by atoms with E-state index in [0.29, 0.717) is 22.6 Å². The number of benzene rings is 1. The monoisotopic (exact) mass is 264 g/mol. The topological polar surface area (TPSA) is 46.0 Å². The van der Waals surface area contributed by atoms with E-state index in [0.717, 1.165) is 6.07 Å². The molecule has 0 radical (unpaired) electrons. The predicted octanol–water partition coefficient (Wildman–Crippen LogP) is 2.71. The minimum atomic E-state index is -0.642. The molecule has 0 aliphatic carbocycles. The van der Waals surface area contributed by atoms with E-state index in [1.165, 1.54) is 18.3 Å². The number of nitrogens with zero attached hydrogens (tertiary/aromatic N) is 2. The number of aromatic nitrogens is 2. The molecule has 0 aliphatic heterocycles. The Bertz CT molecular complexity index is 600. The highest BCUT2D eigenvalue weighted by Gasteiger charge is 2.10. The van der Waals surface area contributed by atoms with Crippen molar-refractivity contribution in [2.75, 3.05) is 0 Å². The van der Waals surface area contributed by atoms with Gasteiger partial charge in [-0.05, 0) is 25.5 Å². The van der Waals surface area contributed by atoms with Gasteiger partial charge in [-0.25, -0.2) is 18.7 Å². The lowest BCUT2D eigenvalue weighted by molar-refractivity contribution is 0.197. The molecular formula is C14H14F2N2O. The number of aliphatic hydroxyl groups is 1. The first kappa shape index (κ1) is 13.5. The van der Waals surface area contributed by atoms with Gasteiger partial charge in [-0.1, -0.05) is 6.07 Å². The van der Waals surface area contributed by atoms with Crippen LogP contribution < -0.4 is 0 Å². The maximum absolute atomic E-state index is 13.5. The number of rotatable bonds is 3. The van der Waals surface area contributed by atoms with Gasteiger partial charge in [0, 0.05) is 29.9 Å². The Hall–Kier alpha value is -1.88. The third kappa shape index (κ3) is 3.12. The fourth-order valence-corrected chi connectivity index (χ4v) is 1.86. The molecular weight excluding hydrogens is 250 g/mol. The number of halogens is 2. The lowest BCUT2D eigenvalue weighted by atomic mass is 10.1. The molecule has 0 unspecified atom stereocenters. The summed E-state index contributed by atoms with van der Waals surface area (Å²) in [7, 11) is 0. The Morgan fingerprint density at radius 3 is 2.63 bits per heavy atom. The molecule has 0 aliphatic rings. The smallest absolute Gasteiger partial charge is 0.133 e. The maximum atomic E-state index is 13.5. The highest BCUT2D eigenvalue weighted by molar-refractivity contribution is 5.24. The Kier molecular flexibility index (Phi) is 3.85. The predicted molar refractivity (Wildman–Crippen MR) is 66.6 cm³/mol. The SMILES string of the molecule is Cc1nc(Cc2ccc(F)cc2F)ncc1[C@@H](C)O. The van der Waals surface area contributed by atoms with Crippen LogP contribution in [0.5, 0.6) is 0 Å². The molecule has 1 heterocycles. The molecule has 2 aromatic rings. The first-order valence-corrected chi connectivity index (χ1v) is 5.92. The standard InChI is InChI=1S/C14H14F2N2O/c1-8-12(9(2)19)7-17-14(18-8)5-10-3-4-11(15)6-13(10)16/h3-4,6-7,9,19H,5H2,1-2H3/t9-/m1/s1. The number of aryl methyl sites for hydroxylation is 1. The van der Waals surface area contributed by atoms with Crippen LogP contribution in [0.3, 0.4) is 0 Å². The normalized spacial score (nSPS) is 12.5. The Labute approximate surface area is 110 Å². The van der Waals surface area contributed by atoms with E-state index in [2.05, 4.69) is 9.97 Å². The van der Waals surface area contributed by atoms with Gasteiger partial charge in [0.1, 0.15) is 17.5 Å². The molecule has 1 atom stereocenters. The summed E-state index contributed by atoms with van der Waals surface area (Å²) in [6.07, 6.45) is 1.08. The van der Waals surface area contributed by atoms with Crippen molar-refractivity contribution in [3.63, 3.8) is 0 Å². The zero-order valence-corrected chi connectivity index (χ0v) is 10.7. The third-order valence-corrected chi connectivity index (χ3v) is 2.88. The largest absolute Gasteiger partial charge is 0.389 e. The fraction of sp³-hybridized carbons (Fsp3) is 0.286. The van der Waals surface area contributed by atoms with Crippen molar-refractivity contribution < 1.29 is 13.9 Å². The van der Waals surface area contributed by atoms with Crippen molar-refractivity contribution in [1.29, 1.82) is 0 Å². The van der Waals surface area contributed by atoms with E-state index in [9.17, 15) is 13.9 Å². The average molecular weight is 264 g/mol. The van der Waals surface area contributed by atoms with Crippen molar-refractivity contribution in [3.8, 4) is 0 Å². The summed E-state index contributed by atoms with van der Waals surface area (Å²) in [6.45, 7) is 3.39. The summed E-state index contributed by atoms with van der Waals surface area (Å²) < 4.78 is 26.3. The first-order valence-electron chi connectivity index (χ1n) is 5.92. The Morgan fingerprint density at radius 1 is 1.32 bits per heavy atom. The lowest BCUT2D eigenvalue weighted by Gasteiger charge is -2.09. The second-order valence-electron chi connectivity index (χ2n) is 4.42. The molecule has 5 heteroatoms. The third-order valence-electron chi connectivity index (χ3n) is 2.88.